The highest BCUT2D eigenvalue weighted by molar-refractivity contribution is 9.10. The van der Waals surface area contributed by atoms with Gasteiger partial charge in [0.05, 0.1) is 11.1 Å². The van der Waals surface area contributed by atoms with Gasteiger partial charge in [-0.2, -0.15) is 0 Å². The van der Waals surface area contributed by atoms with Gasteiger partial charge in [-0.3, -0.25) is 0 Å². The zero-order chi connectivity index (χ0) is 15.2. The van der Waals surface area contributed by atoms with E-state index < -0.39 is 0 Å². The third-order valence-corrected chi connectivity index (χ3v) is 4.50. The van der Waals surface area contributed by atoms with Gasteiger partial charge in [-0.05, 0) is 65.4 Å². The van der Waals surface area contributed by atoms with Gasteiger partial charge in [-0.1, -0.05) is 33.8 Å². The number of rotatable bonds is 8. The minimum Gasteiger partial charge on any atom is -0.493 e. The fourth-order valence-electron chi connectivity index (χ4n) is 2.31. The molecule has 0 heterocycles. The lowest BCUT2D eigenvalue weighted by molar-refractivity contribution is 0.234. The molecule has 0 radical (unpaired) electrons. The molecule has 0 aromatic heterocycles. The fourth-order valence-corrected chi connectivity index (χ4v) is 2.82. The molecule has 0 saturated heterocycles. The van der Waals surface area contributed by atoms with Crippen LogP contribution in [0.4, 0.5) is 0 Å². The van der Waals surface area contributed by atoms with E-state index in [2.05, 4.69) is 67.1 Å². The number of halogens is 1. The molecule has 0 spiro atoms. The number of hydrogen-bond acceptors (Lipinski definition) is 2. The van der Waals surface area contributed by atoms with Crippen LogP contribution in [0, 0.1) is 5.41 Å². The predicted octanol–water partition coefficient (Wildman–Crippen LogP) is 5.32. The van der Waals surface area contributed by atoms with Crippen LogP contribution in [-0.2, 0) is 0 Å². The standard InChI is InChI=1S/C17H28BrNO/c1-6-11-19-16(17(4,5)7-2)13-9-10-15(20-8-3)14(18)12-13/h9-10,12,16,19H,6-8,11H2,1-5H3. The molecular formula is C17H28BrNO. The molecule has 0 amide bonds. The Labute approximate surface area is 132 Å². The van der Waals surface area contributed by atoms with E-state index in [0.29, 0.717) is 12.6 Å². The van der Waals surface area contributed by atoms with Crippen LogP contribution in [0.15, 0.2) is 22.7 Å². The lowest BCUT2D eigenvalue weighted by atomic mass is 9.78. The Morgan fingerprint density at radius 2 is 1.95 bits per heavy atom. The fraction of sp³-hybridized carbons (Fsp3) is 0.647. The summed E-state index contributed by atoms with van der Waals surface area (Å²) in [5.74, 6) is 0.916. The number of ether oxygens (including phenoxy) is 1. The first-order chi connectivity index (χ1) is 9.46. The van der Waals surface area contributed by atoms with Gasteiger partial charge in [0.15, 0.2) is 0 Å². The molecule has 0 fully saturated rings. The average Bonchev–Trinajstić information content (AvgIpc) is 2.42. The van der Waals surface area contributed by atoms with E-state index in [9.17, 15) is 0 Å². The second kappa shape index (κ2) is 8.04. The molecule has 1 unspecified atom stereocenters. The van der Waals surface area contributed by atoms with E-state index in [1.807, 2.05) is 6.92 Å². The van der Waals surface area contributed by atoms with E-state index in [1.54, 1.807) is 0 Å². The second-order valence-corrected chi connectivity index (χ2v) is 6.71. The molecule has 2 nitrogen and oxygen atoms in total. The highest BCUT2D eigenvalue weighted by Crippen LogP contribution is 2.38. The van der Waals surface area contributed by atoms with Crippen molar-refractivity contribution in [3.05, 3.63) is 28.2 Å². The zero-order valence-corrected chi connectivity index (χ0v) is 15.0. The van der Waals surface area contributed by atoms with Crippen molar-refractivity contribution in [3.63, 3.8) is 0 Å². The molecule has 0 bridgehead atoms. The van der Waals surface area contributed by atoms with Crippen molar-refractivity contribution in [1.29, 1.82) is 0 Å². The Kier molecular flexibility index (Phi) is 7.04. The molecule has 114 valence electrons. The Bertz CT molecular complexity index is 417. The summed E-state index contributed by atoms with van der Waals surface area (Å²) in [6.07, 6.45) is 2.29. The van der Waals surface area contributed by atoms with E-state index in [-0.39, 0.29) is 5.41 Å². The van der Waals surface area contributed by atoms with Crippen LogP contribution in [0.25, 0.3) is 0 Å². The van der Waals surface area contributed by atoms with Crippen molar-refractivity contribution >= 4 is 15.9 Å². The van der Waals surface area contributed by atoms with E-state index in [1.165, 1.54) is 5.56 Å². The lowest BCUT2D eigenvalue weighted by Gasteiger charge is -2.35. The third-order valence-electron chi connectivity index (χ3n) is 3.88. The van der Waals surface area contributed by atoms with Gasteiger partial charge in [0.1, 0.15) is 5.75 Å². The molecule has 20 heavy (non-hydrogen) atoms. The van der Waals surface area contributed by atoms with Crippen LogP contribution in [-0.4, -0.2) is 13.2 Å². The van der Waals surface area contributed by atoms with Gasteiger partial charge in [-0.15, -0.1) is 0 Å². The first-order valence-electron chi connectivity index (χ1n) is 7.61. The summed E-state index contributed by atoms with van der Waals surface area (Å²) < 4.78 is 6.63. The van der Waals surface area contributed by atoms with Crippen LogP contribution in [0.3, 0.4) is 0 Å². The summed E-state index contributed by atoms with van der Waals surface area (Å²) in [6, 6.07) is 6.80. The van der Waals surface area contributed by atoms with Crippen molar-refractivity contribution in [1.82, 2.24) is 5.32 Å². The molecule has 0 aliphatic carbocycles. The third kappa shape index (κ3) is 4.49. The quantitative estimate of drug-likeness (QED) is 0.690. The van der Waals surface area contributed by atoms with E-state index in [0.717, 1.165) is 29.6 Å². The predicted molar refractivity (Wildman–Crippen MR) is 90.4 cm³/mol. The van der Waals surface area contributed by atoms with Crippen molar-refractivity contribution in [2.24, 2.45) is 5.41 Å². The highest BCUT2D eigenvalue weighted by atomic mass is 79.9. The summed E-state index contributed by atoms with van der Waals surface area (Å²) in [4.78, 5) is 0. The molecule has 0 aliphatic heterocycles. The molecular weight excluding hydrogens is 314 g/mol. The Balaban J connectivity index is 3.04. The summed E-state index contributed by atoms with van der Waals surface area (Å²) in [7, 11) is 0. The topological polar surface area (TPSA) is 21.3 Å². The van der Waals surface area contributed by atoms with Gasteiger partial charge >= 0.3 is 0 Å². The summed E-state index contributed by atoms with van der Waals surface area (Å²) >= 11 is 3.62. The molecule has 1 N–H and O–H groups in total. The lowest BCUT2D eigenvalue weighted by Crippen LogP contribution is -2.34. The Morgan fingerprint density at radius 1 is 1.25 bits per heavy atom. The molecule has 1 rings (SSSR count). The summed E-state index contributed by atoms with van der Waals surface area (Å²) in [5.41, 5.74) is 1.54. The van der Waals surface area contributed by atoms with Gasteiger partial charge in [0.25, 0.3) is 0 Å². The maximum Gasteiger partial charge on any atom is 0.133 e. The van der Waals surface area contributed by atoms with Crippen LogP contribution < -0.4 is 10.1 Å². The molecule has 1 atom stereocenters. The molecule has 1 aromatic rings. The van der Waals surface area contributed by atoms with Gasteiger partial charge < -0.3 is 10.1 Å². The monoisotopic (exact) mass is 341 g/mol. The largest absolute Gasteiger partial charge is 0.493 e. The highest BCUT2D eigenvalue weighted by Gasteiger charge is 2.29. The minimum atomic E-state index is 0.224. The van der Waals surface area contributed by atoms with Gasteiger partial charge in [-0.25, -0.2) is 0 Å². The smallest absolute Gasteiger partial charge is 0.133 e. The normalized spacial score (nSPS) is 13.3. The zero-order valence-electron chi connectivity index (χ0n) is 13.4. The minimum absolute atomic E-state index is 0.224. The molecule has 3 heteroatoms. The summed E-state index contributed by atoms with van der Waals surface area (Å²) in [5, 5.41) is 3.69. The van der Waals surface area contributed by atoms with Crippen molar-refractivity contribution in [2.75, 3.05) is 13.2 Å². The van der Waals surface area contributed by atoms with Gasteiger partial charge in [0, 0.05) is 6.04 Å². The van der Waals surface area contributed by atoms with Crippen molar-refractivity contribution < 1.29 is 4.74 Å². The SMILES string of the molecule is CCCNC(c1ccc(OCC)c(Br)c1)C(C)(C)CC. The maximum atomic E-state index is 5.60. The molecule has 0 saturated carbocycles. The van der Waals surface area contributed by atoms with E-state index in [4.69, 9.17) is 4.74 Å². The number of hydrogen-bond donors (Lipinski definition) is 1. The van der Waals surface area contributed by atoms with Crippen LogP contribution in [0.2, 0.25) is 0 Å². The van der Waals surface area contributed by atoms with Gasteiger partial charge in [0.2, 0.25) is 0 Å². The number of benzene rings is 1. The second-order valence-electron chi connectivity index (χ2n) is 5.85. The van der Waals surface area contributed by atoms with Crippen molar-refractivity contribution in [2.45, 2.75) is 53.5 Å². The van der Waals surface area contributed by atoms with E-state index >= 15 is 0 Å². The van der Waals surface area contributed by atoms with Crippen LogP contribution in [0.1, 0.15) is 59.1 Å². The average molecular weight is 342 g/mol. The Hall–Kier alpha value is -0.540. The first-order valence-corrected chi connectivity index (χ1v) is 8.41. The van der Waals surface area contributed by atoms with Crippen LogP contribution in [0.5, 0.6) is 5.75 Å². The first kappa shape index (κ1) is 17.5. The number of nitrogens with one attached hydrogen (secondary N) is 1. The molecule has 0 aliphatic rings. The maximum absolute atomic E-state index is 5.60. The Morgan fingerprint density at radius 3 is 2.45 bits per heavy atom. The summed E-state index contributed by atoms with van der Waals surface area (Å²) in [6.45, 7) is 12.8. The van der Waals surface area contributed by atoms with Crippen LogP contribution >= 0.6 is 15.9 Å². The van der Waals surface area contributed by atoms with Crippen molar-refractivity contribution in [3.8, 4) is 5.75 Å². The molecule has 1 aromatic carbocycles.